The molecule has 0 radical (unpaired) electrons. The number of alkyl halides is 3. The van der Waals surface area contributed by atoms with Gasteiger partial charge in [0.1, 0.15) is 11.6 Å². The maximum Gasteiger partial charge on any atom is 0.416 e. The van der Waals surface area contributed by atoms with Gasteiger partial charge in [0.25, 0.3) is 11.8 Å². The first-order chi connectivity index (χ1) is 27.8. The smallest absolute Gasteiger partial charge is 0.384 e. The number of hydrogen-bond acceptors (Lipinski definition) is 8. The van der Waals surface area contributed by atoms with E-state index in [2.05, 4.69) is 30.9 Å². The number of halogens is 3. The molecule has 14 heteroatoms. The summed E-state index contributed by atoms with van der Waals surface area (Å²) >= 11 is 0. The summed E-state index contributed by atoms with van der Waals surface area (Å²) in [6, 6.07) is 34.5. The molecular weight excluding hydrogens is 746 g/mol. The Balaban J connectivity index is 0.000000196. The lowest BCUT2D eigenvalue weighted by Crippen LogP contribution is -2.23. The third-order valence-electron chi connectivity index (χ3n) is 9.17. The van der Waals surface area contributed by atoms with Crippen LogP contribution in [0.15, 0.2) is 139 Å². The number of pyridine rings is 1. The first-order valence-electron chi connectivity index (χ1n) is 18.0. The molecule has 58 heavy (non-hydrogen) atoms. The molecule has 11 nitrogen and oxygen atoms in total. The predicted octanol–water partition coefficient (Wildman–Crippen LogP) is 7.69. The highest BCUT2D eigenvalue weighted by Gasteiger charge is 2.30. The number of nitrogen functional groups attached to an aromatic ring is 2. The molecule has 0 saturated carbocycles. The van der Waals surface area contributed by atoms with Gasteiger partial charge >= 0.3 is 11.9 Å². The fraction of sp³-hybridized carbons (Fsp3) is 0.114. The van der Waals surface area contributed by atoms with Gasteiger partial charge in [0.15, 0.2) is 0 Å². The normalized spacial score (nSPS) is 11.0. The number of nitrogens with zero attached hydrogens (tertiary/aromatic N) is 2. The highest BCUT2D eigenvalue weighted by molar-refractivity contribution is 5.95. The molecule has 0 saturated heterocycles. The highest BCUT2D eigenvalue weighted by Crippen LogP contribution is 2.29. The summed E-state index contributed by atoms with van der Waals surface area (Å²) in [6.45, 7) is 2.61. The summed E-state index contributed by atoms with van der Waals surface area (Å²) in [5.74, 6) is 0.126. The molecule has 2 heterocycles. The summed E-state index contributed by atoms with van der Waals surface area (Å²) in [4.78, 5) is 46.2. The predicted molar refractivity (Wildman–Crippen MR) is 219 cm³/mol. The van der Waals surface area contributed by atoms with Gasteiger partial charge in [-0.05, 0) is 94.5 Å². The third kappa shape index (κ3) is 10.4. The maximum absolute atomic E-state index is 12.6. The number of aromatic nitrogens is 3. The van der Waals surface area contributed by atoms with Gasteiger partial charge in [-0.1, -0.05) is 66.7 Å². The second kappa shape index (κ2) is 18.0. The number of fused-ring (bicyclic) bond motifs is 1. The van der Waals surface area contributed by atoms with Gasteiger partial charge in [-0.3, -0.25) is 9.59 Å². The van der Waals surface area contributed by atoms with Crippen LogP contribution >= 0.6 is 0 Å². The number of aromatic amines is 1. The SMILES string of the molecule is Cc1cc(CNC(=O)c2ccc(C(F)(F)F)cc2)ccc1Nc1ccc(N)nc1.Nc1nc(=O)[nH]cc1Cc1ccc(CNC(=O)c2ccccc2)c2ccccc12. The second-order valence-electron chi connectivity index (χ2n) is 13.3. The molecule has 2 amide bonds. The molecule has 5 aromatic carbocycles. The fourth-order valence-electron chi connectivity index (χ4n) is 6.09. The van der Waals surface area contributed by atoms with Crippen LogP contribution in [-0.4, -0.2) is 26.8 Å². The molecule has 0 spiro atoms. The van der Waals surface area contributed by atoms with Crippen molar-refractivity contribution in [1.82, 2.24) is 25.6 Å². The van der Waals surface area contributed by atoms with Crippen LogP contribution in [0.1, 0.15) is 54.1 Å². The van der Waals surface area contributed by atoms with E-state index in [1.807, 2.05) is 85.8 Å². The first kappa shape index (κ1) is 40.2. The monoisotopic (exact) mass is 784 g/mol. The van der Waals surface area contributed by atoms with Gasteiger partial charge in [0, 0.05) is 48.1 Å². The molecule has 0 aliphatic carbocycles. The number of rotatable bonds is 10. The van der Waals surface area contributed by atoms with Crippen molar-refractivity contribution in [2.45, 2.75) is 32.6 Å². The first-order valence-corrected chi connectivity index (χ1v) is 18.0. The minimum atomic E-state index is -4.43. The van der Waals surface area contributed by atoms with E-state index in [9.17, 15) is 27.6 Å². The molecule has 0 atom stereocenters. The number of H-pyrrole nitrogens is 1. The number of carbonyl (C=O) groups excluding carboxylic acids is 2. The molecule has 8 N–H and O–H groups in total. The van der Waals surface area contributed by atoms with Crippen LogP contribution in [0.2, 0.25) is 0 Å². The molecule has 0 unspecified atom stereocenters. The fourth-order valence-corrected chi connectivity index (χ4v) is 6.09. The maximum atomic E-state index is 12.6. The van der Waals surface area contributed by atoms with E-state index in [0.29, 0.717) is 24.3 Å². The van der Waals surface area contributed by atoms with E-state index in [1.54, 1.807) is 30.6 Å². The average molecular weight is 785 g/mol. The van der Waals surface area contributed by atoms with Crippen LogP contribution in [0, 0.1) is 6.92 Å². The Morgan fingerprint density at radius 3 is 2.00 bits per heavy atom. The lowest BCUT2D eigenvalue weighted by atomic mass is 9.95. The Kier molecular flexibility index (Phi) is 12.5. The number of hydrogen-bond donors (Lipinski definition) is 6. The minimum absolute atomic E-state index is 0.106. The van der Waals surface area contributed by atoms with Crippen LogP contribution in [0.5, 0.6) is 0 Å². The number of benzene rings is 5. The standard InChI is InChI=1S/C23H20N4O2.C21H19F3N4O/c24-21-18(14-26-23(29)27-21)12-16-10-11-17(20-9-5-4-8-19(16)20)13-25-22(28)15-6-2-1-3-7-15;1-13-10-14(2-8-18(13)28-17-7-9-19(25)26-12-17)11-27-20(29)15-3-5-16(6-4-15)21(22,23)24/h1-11,14H,12-13H2,(H,25,28)(H3,24,26,27,29);2-10,12,28H,11H2,1H3,(H2,25,26)(H,27,29). The van der Waals surface area contributed by atoms with Gasteiger partial charge in [-0.25, -0.2) is 9.78 Å². The molecule has 7 rings (SSSR count). The van der Waals surface area contributed by atoms with Crippen molar-refractivity contribution in [3.8, 4) is 0 Å². The van der Waals surface area contributed by atoms with E-state index in [1.165, 1.54) is 0 Å². The van der Waals surface area contributed by atoms with Gasteiger partial charge in [-0.2, -0.15) is 18.2 Å². The van der Waals surface area contributed by atoms with Crippen molar-refractivity contribution in [1.29, 1.82) is 0 Å². The largest absolute Gasteiger partial charge is 0.416 e. The molecule has 0 aliphatic rings. The number of amides is 2. The molecule has 0 fully saturated rings. The average Bonchev–Trinajstić information content (AvgIpc) is 3.22. The van der Waals surface area contributed by atoms with E-state index in [-0.39, 0.29) is 23.8 Å². The number of nitrogens with two attached hydrogens (primary N) is 2. The summed E-state index contributed by atoms with van der Waals surface area (Å²) in [6.07, 6.45) is -0.641. The second-order valence-corrected chi connectivity index (χ2v) is 13.3. The van der Waals surface area contributed by atoms with Gasteiger partial charge in [0.2, 0.25) is 0 Å². The Morgan fingerprint density at radius 2 is 1.36 bits per heavy atom. The van der Waals surface area contributed by atoms with Crippen molar-refractivity contribution in [3.05, 3.63) is 189 Å². The van der Waals surface area contributed by atoms with Gasteiger partial charge in [0.05, 0.1) is 17.4 Å². The zero-order chi connectivity index (χ0) is 41.2. The molecular formula is C44H39F3N8O3. The van der Waals surface area contributed by atoms with Crippen LogP contribution in [0.25, 0.3) is 10.8 Å². The van der Waals surface area contributed by atoms with Crippen LogP contribution in [0.4, 0.5) is 36.2 Å². The Labute approximate surface area is 331 Å². The number of carbonyl (C=O) groups is 2. The van der Waals surface area contributed by atoms with E-state index in [0.717, 1.165) is 74.2 Å². The van der Waals surface area contributed by atoms with Crippen molar-refractivity contribution in [2.24, 2.45) is 0 Å². The third-order valence-corrected chi connectivity index (χ3v) is 9.17. The summed E-state index contributed by atoms with van der Waals surface area (Å²) in [7, 11) is 0. The quantitative estimate of drug-likeness (QED) is 0.0817. The number of nitrogens with one attached hydrogen (secondary N) is 4. The topological polar surface area (TPSA) is 181 Å². The van der Waals surface area contributed by atoms with E-state index in [4.69, 9.17) is 11.5 Å². The molecule has 0 bridgehead atoms. The molecule has 2 aromatic heterocycles. The van der Waals surface area contributed by atoms with Gasteiger partial charge in [-0.15, -0.1) is 0 Å². The Hall–Kier alpha value is -7.48. The molecule has 0 aliphatic heterocycles. The number of aryl methyl sites for hydroxylation is 1. The van der Waals surface area contributed by atoms with Crippen molar-refractivity contribution in [2.75, 3.05) is 16.8 Å². The lowest BCUT2D eigenvalue weighted by molar-refractivity contribution is -0.137. The summed E-state index contributed by atoms with van der Waals surface area (Å²) in [5.41, 5.74) is 17.4. The van der Waals surface area contributed by atoms with Crippen LogP contribution < -0.4 is 33.1 Å². The van der Waals surface area contributed by atoms with Gasteiger partial charge < -0.3 is 32.4 Å². The van der Waals surface area contributed by atoms with Crippen molar-refractivity contribution in [3.63, 3.8) is 0 Å². The summed E-state index contributed by atoms with van der Waals surface area (Å²) < 4.78 is 37.8. The van der Waals surface area contributed by atoms with Crippen LogP contribution in [0.3, 0.4) is 0 Å². The highest BCUT2D eigenvalue weighted by atomic mass is 19.4. The zero-order valence-corrected chi connectivity index (χ0v) is 31.2. The molecule has 294 valence electrons. The van der Waals surface area contributed by atoms with Crippen molar-refractivity contribution < 1.29 is 22.8 Å². The minimum Gasteiger partial charge on any atom is -0.384 e. The lowest BCUT2D eigenvalue weighted by Gasteiger charge is -2.13. The summed E-state index contributed by atoms with van der Waals surface area (Å²) in [5, 5.41) is 11.1. The zero-order valence-electron chi connectivity index (χ0n) is 31.2. The Morgan fingerprint density at radius 1 is 0.724 bits per heavy atom. The van der Waals surface area contributed by atoms with E-state index >= 15 is 0 Å². The van der Waals surface area contributed by atoms with E-state index < -0.39 is 23.3 Å². The van der Waals surface area contributed by atoms with Crippen molar-refractivity contribution >= 4 is 45.6 Å². The van der Waals surface area contributed by atoms with Crippen LogP contribution in [-0.2, 0) is 25.7 Å². The number of anilines is 4. The Bertz CT molecular complexity index is 2600. The molecule has 7 aromatic rings.